The number of fused-ring (bicyclic) bond motifs is 2. The van der Waals surface area contributed by atoms with E-state index in [1.807, 2.05) is 37.2 Å². The van der Waals surface area contributed by atoms with Crippen molar-refractivity contribution in [1.82, 2.24) is 9.88 Å². The fraction of sp³-hybridized carbons (Fsp3) is 0.364. The van der Waals surface area contributed by atoms with Crippen molar-refractivity contribution in [3.8, 4) is 11.5 Å². The number of carbonyl (C=O) groups excluding carboxylic acids is 1. The van der Waals surface area contributed by atoms with E-state index in [0.717, 1.165) is 0 Å². The summed E-state index contributed by atoms with van der Waals surface area (Å²) in [5.74, 6) is 0.882. The monoisotopic (exact) mass is 475 g/mol. The predicted octanol–water partition coefficient (Wildman–Crippen LogP) is 2.82. The summed E-state index contributed by atoms with van der Waals surface area (Å²) in [6, 6.07) is 12.1. The summed E-state index contributed by atoms with van der Waals surface area (Å²) in [5.41, 5.74) is 0.638. The van der Waals surface area contributed by atoms with Crippen LogP contribution in [0.2, 0.25) is 0 Å². The lowest BCUT2D eigenvalue weighted by molar-refractivity contribution is -0.130. The SMILES string of the molecule is CC1Oc2ccccc2OC1C(=O)N(CCN(C)C)c1nc2ccc(S(C)(=O)=O)cc2s1. The first-order valence-corrected chi connectivity index (χ1v) is 12.8. The molecule has 10 heteroatoms. The van der Waals surface area contributed by atoms with Gasteiger partial charge in [-0.25, -0.2) is 13.4 Å². The maximum atomic E-state index is 13.6. The molecule has 0 fully saturated rings. The zero-order chi connectivity index (χ0) is 23.0. The smallest absolute Gasteiger partial charge is 0.273 e. The van der Waals surface area contributed by atoms with E-state index in [2.05, 4.69) is 4.98 Å². The largest absolute Gasteiger partial charge is 0.482 e. The van der Waals surface area contributed by atoms with Crippen molar-refractivity contribution in [1.29, 1.82) is 0 Å². The van der Waals surface area contributed by atoms with Gasteiger partial charge in [0, 0.05) is 19.3 Å². The van der Waals surface area contributed by atoms with Gasteiger partial charge >= 0.3 is 0 Å². The molecule has 0 saturated heterocycles. The molecule has 0 bridgehead atoms. The van der Waals surface area contributed by atoms with E-state index in [4.69, 9.17) is 9.47 Å². The Labute approximate surface area is 191 Å². The molecule has 2 atom stereocenters. The number of amides is 1. The number of carbonyl (C=O) groups is 1. The first kappa shape index (κ1) is 22.5. The molecule has 0 spiro atoms. The molecule has 3 aromatic rings. The molecule has 8 nitrogen and oxygen atoms in total. The van der Waals surface area contributed by atoms with Gasteiger partial charge in [0.2, 0.25) is 6.10 Å². The van der Waals surface area contributed by atoms with Crippen molar-refractivity contribution in [2.45, 2.75) is 24.0 Å². The number of para-hydroxylation sites is 2. The van der Waals surface area contributed by atoms with Crippen LogP contribution in [0.1, 0.15) is 6.92 Å². The molecule has 0 radical (unpaired) electrons. The van der Waals surface area contributed by atoms with E-state index in [9.17, 15) is 13.2 Å². The van der Waals surface area contributed by atoms with Gasteiger partial charge in [-0.2, -0.15) is 0 Å². The molecule has 32 heavy (non-hydrogen) atoms. The summed E-state index contributed by atoms with van der Waals surface area (Å²) in [7, 11) is 0.517. The van der Waals surface area contributed by atoms with E-state index in [1.165, 1.54) is 23.7 Å². The number of benzene rings is 2. The average molecular weight is 476 g/mol. The Morgan fingerprint density at radius 1 is 1.09 bits per heavy atom. The second-order valence-corrected chi connectivity index (χ2v) is 11.0. The molecule has 1 aromatic heterocycles. The minimum Gasteiger partial charge on any atom is -0.482 e. The van der Waals surface area contributed by atoms with E-state index in [1.54, 1.807) is 30.0 Å². The van der Waals surface area contributed by atoms with Crippen molar-refractivity contribution >= 4 is 42.4 Å². The van der Waals surface area contributed by atoms with E-state index in [-0.39, 0.29) is 10.8 Å². The Morgan fingerprint density at radius 3 is 2.44 bits per heavy atom. The molecule has 0 aliphatic carbocycles. The highest BCUT2D eigenvalue weighted by Gasteiger charge is 2.38. The van der Waals surface area contributed by atoms with E-state index < -0.39 is 22.0 Å². The van der Waals surface area contributed by atoms with Gasteiger partial charge in [0.05, 0.1) is 15.1 Å². The quantitative estimate of drug-likeness (QED) is 0.542. The molecule has 1 amide bonds. The number of anilines is 1. The fourth-order valence-electron chi connectivity index (χ4n) is 3.38. The fourth-order valence-corrected chi connectivity index (χ4v) is 5.14. The van der Waals surface area contributed by atoms with Crippen molar-refractivity contribution < 1.29 is 22.7 Å². The number of aromatic nitrogens is 1. The summed E-state index contributed by atoms with van der Waals surface area (Å²) in [6.07, 6.45) is -0.140. The third-order valence-corrected chi connectivity index (χ3v) is 7.28. The third-order valence-electron chi connectivity index (χ3n) is 5.13. The first-order chi connectivity index (χ1) is 15.1. The zero-order valence-corrected chi connectivity index (χ0v) is 19.9. The summed E-state index contributed by atoms with van der Waals surface area (Å²) < 4.78 is 36.5. The molecule has 2 heterocycles. The second-order valence-electron chi connectivity index (χ2n) is 8.00. The van der Waals surface area contributed by atoms with Crippen LogP contribution in [-0.2, 0) is 14.6 Å². The number of ether oxygens (including phenoxy) is 2. The van der Waals surface area contributed by atoms with Gasteiger partial charge in [-0.15, -0.1) is 0 Å². The molecule has 0 N–H and O–H groups in total. The Morgan fingerprint density at radius 2 is 1.78 bits per heavy atom. The minimum absolute atomic E-state index is 0.223. The van der Waals surface area contributed by atoms with Gasteiger partial charge in [0.1, 0.15) is 6.10 Å². The van der Waals surface area contributed by atoms with Crippen molar-refractivity contribution in [2.75, 3.05) is 38.3 Å². The second kappa shape index (κ2) is 8.68. The van der Waals surface area contributed by atoms with Gasteiger partial charge < -0.3 is 14.4 Å². The van der Waals surface area contributed by atoms with Crippen LogP contribution < -0.4 is 14.4 Å². The lowest BCUT2D eigenvalue weighted by Gasteiger charge is -2.34. The van der Waals surface area contributed by atoms with Crippen LogP contribution in [0.25, 0.3) is 10.2 Å². The minimum atomic E-state index is -3.34. The molecule has 0 saturated carbocycles. The standard InChI is InChI=1S/C22H25N3O5S2/c1-14-20(30-18-8-6-5-7-17(18)29-14)21(26)25(12-11-24(2)3)22-23-16-10-9-15(32(4,27)28)13-19(16)31-22/h5-10,13-14,20H,11-12H2,1-4H3. The maximum Gasteiger partial charge on any atom is 0.273 e. The number of sulfone groups is 1. The Hall–Kier alpha value is -2.69. The lowest BCUT2D eigenvalue weighted by Crippen LogP contribution is -2.52. The normalized spacial score (nSPS) is 18.2. The Kier molecular flexibility index (Phi) is 6.11. The molecule has 4 rings (SSSR count). The molecule has 2 aromatic carbocycles. The number of thiazole rings is 1. The van der Waals surface area contributed by atoms with Crippen LogP contribution in [0.3, 0.4) is 0 Å². The van der Waals surface area contributed by atoms with Crippen LogP contribution in [0.15, 0.2) is 47.4 Å². The van der Waals surface area contributed by atoms with Crippen LogP contribution in [-0.4, -0.2) is 69.9 Å². The lowest BCUT2D eigenvalue weighted by atomic mass is 10.1. The summed E-state index contributed by atoms with van der Waals surface area (Å²) in [6.45, 7) is 2.83. The van der Waals surface area contributed by atoms with Crippen molar-refractivity contribution in [3.63, 3.8) is 0 Å². The number of rotatable bonds is 6. The van der Waals surface area contributed by atoms with Crippen LogP contribution in [0.4, 0.5) is 5.13 Å². The van der Waals surface area contributed by atoms with E-state index >= 15 is 0 Å². The number of hydrogen-bond acceptors (Lipinski definition) is 8. The number of nitrogens with zero attached hydrogens (tertiary/aromatic N) is 3. The zero-order valence-electron chi connectivity index (χ0n) is 18.3. The summed E-state index contributed by atoms with van der Waals surface area (Å²) in [4.78, 5) is 22.0. The van der Waals surface area contributed by atoms with Crippen LogP contribution in [0, 0.1) is 0 Å². The van der Waals surface area contributed by atoms with Gasteiger partial charge in [-0.05, 0) is 51.4 Å². The highest BCUT2D eigenvalue weighted by Crippen LogP contribution is 2.36. The highest BCUT2D eigenvalue weighted by molar-refractivity contribution is 7.90. The third kappa shape index (κ3) is 4.57. The molecular weight excluding hydrogens is 450 g/mol. The Bertz CT molecular complexity index is 1260. The van der Waals surface area contributed by atoms with Gasteiger partial charge in [-0.3, -0.25) is 9.69 Å². The molecule has 170 valence electrons. The van der Waals surface area contributed by atoms with Gasteiger partial charge in [0.25, 0.3) is 5.91 Å². The molecule has 2 unspecified atom stereocenters. The number of likely N-dealkylation sites (N-methyl/N-ethyl adjacent to an activating group) is 1. The highest BCUT2D eigenvalue weighted by atomic mass is 32.2. The summed E-state index contributed by atoms with van der Waals surface area (Å²) >= 11 is 1.28. The Balaban J connectivity index is 1.69. The van der Waals surface area contributed by atoms with Crippen LogP contribution in [0.5, 0.6) is 11.5 Å². The average Bonchev–Trinajstić information content (AvgIpc) is 3.15. The molecule has 1 aliphatic heterocycles. The maximum absolute atomic E-state index is 13.6. The van der Waals surface area contributed by atoms with Crippen LogP contribution >= 0.6 is 11.3 Å². The van der Waals surface area contributed by atoms with E-state index in [0.29, 0.717) is 39.9 Å². The van der Waals surface area contributed by atoms with Gasteiger partial charge in [0.15, 0.2) is 26.5 Å². The number of hydrogen-bond donors (Lipinski definition) is 0. The first-order valence-electron chi connectivity index (χ1n) is 10.1. The predicted molar refractivity (Wildman–Crippen MR) is 125 cm³/mol. The molecule has 1 aliphatic rings. The summed E-state index contributed by atoms with van der Waals surface area (Å²) in [5, 5.41) is 0.493. The van der Waals surface area contributed by atoms with Crippen molar-refractivity contribution in [3.05, 3.63) is 42.5 Å². The topological polar surface area (TPSA) is 89.0 Å². The molecular formula is C22H25N3O5S2. The van der Waals surface area contributed by atoms with Crippen molar-refractivity contribution in [2.24, 2.45) is 0 Å². The van der Waals surface area contributed by atoms with Gasteiger partial charge in [-0.1, -0.05) is 23.5 Å².